The number of aliphatic hydroxyl groups is 1. The van der Waals surface area contributed by atoms with Crippen molar-refractivity contribution in [1.82, 2.24) is 20.4 Å². The summed E-state index contributed by atoms with van der Waals surface area (Å²) >= 11 is 0. The maximum atomic E-state index is 12.7. The molecule has 0 unspecified atom stereocenters. The predicted molar refractivity (Wildman–Crippen MR) is 135 cm³/mol. The molecule has 0 radical (unpaired) electrons. The first-order valence-electron chi connectivity index (χ1n) is 11.2. The summed E-state index contributed by atoms with van der Waals surface area (Å²) in [4.78, 5) is 24.6. The molecule has 188 valence electrons. The van der Waals surface area contributed by atoms with E-state index in [9.17, 15) is 9.59 Å². The molecule has 5 N–H and O–H groups in total. The molecule has 0 spiro atoms. The van der Waals surface area contributed by atoms with Crippen molar-refractivity contribution in [2.24, 2.45) is 5.73 Å². The number of hydrogen-bond acceptors (Lipinski definition) is 6. The summed E-state index contributed by atoms with van der Waals surface area (Å²) < 4.78 is 6.90. The third-order valence-electron chi connectivity index (χ3n) is 4.88. The van der Waals surface area contributed by atoms with E-state index >= 15 is 0 Å². The van der Waals surface area contributed by atoms with Gasteiger partial charge < -0.3 is 20.9 Å². The normalized spacial score (nSPS) is 12.6. The minimum Gasteiger partial charge on any atom is -0.444 e. The predicted octanol–water partition coefficient (Wildman–Crippen LogP) is 3.37. The number of carbonyl (C=O) groups excluding carboxylic acids is 2. The summed E-state index contributed by atoms with van der Waals surface area (Å²) in [6.07, 6.45) is 4.24. The van der Waals surface area contributed by atoms with E-state index in [0.29, 0.717) is 29.1 Å². The van der Waals surface area contributed by atoms with Crippen molar-refractivity contribution in [1.29, 1.82) is 0 Å². The van der Waals surface area contributed by atoms with E-state index in [4.69, 9.17) is 15.6 Å². The number of aliphatic hydroxyl groups excluding tert-OH is 1. The monoisotopic (exact) mass is 481 g/mol. The van der Waals surface area contributed by atoms with Gasteiger partial charge in [-0.2, -0.15) is 5.10 Å². The fourth-order valence-corrected chi connectivity index (χ4v) is 3.18. The summed E-state index contributed by atoms with van der Waals surface area (Å²) in [5.41, 5.74) is 10.0. The quantitative estimate of drug-likeness (QED) is 0.406. The molecule has 2 aromatic rings. The summed E-state index contributed by atoms with van der Waals surface area (Å²) in [7, 11) is 0. The van der Waals surface area contributed by atoms with Crippen molar-refractivity contribution in [3.05, 3.63) is 88.5 Å². The van der Waals surface area contributed by atoms with Gasteiger partial charge in [-0.15, -0.1) is 0 Å². The van der Waals surface area contributed by atoms with Gasteiger partial charge in [0, 0.05) is 24.1 Å². The number of ether oxygens (including phenoxy) is 1. The molecular formula is C26H35N5O4. The Morgan fingerprint density at radius 1 is 1.20 bits per heavy atom. The fraction of sp³-hybridized carbons (Fsp3) is 0.346. The molecule has 0 aliphatic carbocycles. The highest BCUT2D eigenvalue weighted by molar-refractivity contribution is 5.93. The van der Waals surface area contributed by atoms with E-state index in [-0.39, 0.29) is 19.1 Å². The minimum atomic E-state index is -0.620. The van der Waals surface area contributed by atoms with E-state index in [2.05, 4.69) is 22.3 Å². The molecule has 9 nitrogen and oxygen atoms in total. The Morgan fingerprint density at radius 2 is 1.83 bits per heavy atom. The Morgan fingerprint density at radius 3 is 2.40 bits per heavy atom. The highest BCUT2D eigenvalue weighted by atomic mass is 16.6. The lowest BCUT2D eigenvalue weighted by molar-refractivity contribution is 0.0548. The molecule has 0 fully saturated rings. The van der Waals surface area contributed by atoms with E-state index in [1.165, 1.54) is 6.20 Å². The van der Waals surface area contributed by atoms with Crippen LogP contribution in [0.15, 0.2) is 71.9 Å². The van der Waals surface area contributed by atoms with E-state index < -0.39 is 11.7 Å². The number of allylic oxidation sites excluding steroid dienone is 2. The van der Waals surface area contributed by atoms with Gasteiger partial charge in [-0.1, -0.05) is 30.8 Å². The van der Waals surface area contributed by atoms with Crippen LogP contribution in [0.25, 0.3) is 0 Å². The Bertz CT molecular complexity index is 1120. The van der Waals surface area contributed by atoms with Crippen LogP contribution in [0.3, 0.4) is 0 Å². The molecule has 2 amide bonds. The summed E-state index contributed by atoms with van der Waals surface area (Å²) in [6, 6.07) is 7.52. The fourth-order valence-electron chi connectivity index (χ4n) is 3.18. The molecule has 2 rings (SSSR count). The van der Waals surface area contributed by atoms with Crippen LogP contribution < -0.4 is 16.4 Å². The van der Waals surface area contributed by atoms with Crippen LogP contribution >= 0.6 is 0 Å². The van der Waals surface area contributed by atoms with Crippen molar-refractivity contribution >= 4 is 12.0 Å². The van der Waals surface area contributed by atoms with Crippen molar-refractivity contribution < 1.29 is 19.4 Å². The maximum Gasteiger partial charge on any atom is 0.412 e. The first-order valence-corrected chi connectivity index (χ1v) is 11.2. The molecule has 0 aliphatic heterocycles. The standard InChI is InChI=1S/C26H35N5O4/c1-17(11-18(2)30-25(34)35-26(4,5)6)23(19(3)27)13-28-24(33)22-12-29-31(15-22)14-20-7-9-21(16-32)10-8-20/h7-12,15,32H,2,13-14,16,27H2,1,3-6H3,(H,28,33)(H,30,34)/b17-11-,23-19-. The number of amides is 2. The number of nitrogens with zero attached hydrogens (tertiary/aromatic N) is 2. The average Bonchev–Trinajstić information content (AvgIpc) is 3.21. The number of carbonyl (C=O) groups is 2. The number of aromatic nitrogens is 2. The molecule has 0 bridgehead atoms. The second-order valence-electron chi connectivity index (χ2n) is 9.22. The van der Waals surface area contributed by atoms with Crippen LogP contribution in [-0.2, 0) is 17.9 Å². The minimum absolute atomic E-state index is 0.00585. The van der Waals surface area contributed by atoms with Gasteiger partial charge >= 0.3 is 6.09 Å². The summed E-state index contributed by atoms with van der Waals surface area (Å²) in [6.45, 7) is 13.4. The number of benzene rings is 1. The van der Waals surface area contributed by atoms with Gasteiger partial charge in [0.1, 0.15) is 5.60 Å². The van der Waals surface area contributed by atoms with Crippen LogP contribution in [0.1, 0.15) is 56.1 Å². The molecular weight excluding hydrogens is 446 g/mol. The van der Waals surface area contributed by atoms with Crippen molar-refractivity contribution in [3.8, 4) is 0 Å². The second kappa shape index (κ2) is 12.0. The summed E-state index contributed by atoms with van der Waals surface area (Å²) in [5.74, 6) is -0.288. The number of nitrogens with two attached hydrogens (primary N) is 1. The highest BCUT2D eigenvalue weighted by Gasteiger charge is 2.16. The lowest BCUT2D eigenvalue weighted by Crippen LogP contribution is -2.31. The molecule has 1 heterocycles. The largest absolute Gasteiger partial charge is 0.444 e. The van der Waals surface area contributed by atoms with Crippen LogP contribution in [0.4, 0.5) is 4.79 Å². The Balaban J connectivity index is 1.97. The highest BCUT2D eigenvalue weighted by Crippen LogP contribution is 2.14. The molecule has 1 aromatic heterocycles. The van der Waals surface area contributed by atoms with Crippen LogP contribution in [0, 0.1) is 0 Å². The molecule has 0 aliphatic rings. The summed E-state index contributed by atoms with van der Waals surface area (Å²) in [5, 5.41) is 18.8. The van der Waals surface area contributed by atoms with E-state index in [1.807, 2.05) is 31.2 Å². The van der Waals surface area contributed by atoms with Crippen molar-refractivity contribution in [3.63, 3.8) is 0 Å². The average molecular weight is 482 g/mol. The van der Waals surface area contributed by atoms with Gasteiger partial charge in [0.2, 0.25) is 0 Å². The van der Waals surface area contributed by atoms with E-state index in [1.54, 1.807) is 44.6 Å². The third-order valence-corrected chi connectivity index (χ3v) is 4.88. The number of nitrogens with one attached hydrogen (secondary N) is 2. The van der Waals surface area contributed by atoms with Gasteiger partial charge in [0.05, 0.1) is 24.9 Å². The molecule has 0 saturated heterocycles. The molecule has 0 saturated carbocycles. The SMILES string of the molecule is C=C(/C=C(C)\C(CNC(=O)c1cnn(Cc2ccc(CO)cc2)c1)=C(\C)N)NC(=O)OC(C)(C)C. The number of hydrogen-bond donors (Lipinski definition) is 4. The first kappa shape index (κ1) is 27.4. The lowest BCUT2D eigenvalue weighted by Gasteiger charge is -2.20. The van der Waals surface area contributed by atoms with Gasteiger partial charge in [-0.3, -0.25) is 14.8 Å². The lowest BCUT2D eigenvalue weighted by atomic mass is 10.0. The second-order valence-corrected chi connectivity index (χ2v) is 9.22. The Labute approximate surface area is 206 Å². The van der Waals surface area contributed by atoms with Gasteiger partial charge in [-0.05, 0) is 63.0 Å². The van der Waals surface area contributed by atoms with Gasteiger partial charge in [0.15, 0.2) is 0 Å². The maximum absolute atomic E-state index is 12.7. The molecule has 0 atom stereocenters. The zero-order chi connectivity index (χ0) is 26.2. The number of alkyl carbamates (subject to hydrolysis) is 1. The Hall–Kier alpha value is -3.85. The third kappa shape index (κ3) is 9.13. The first-order chi connectivity index (χ1) is 16.4. The van der Waals surface area contributed by atoms with Crippen LogP contribution in [-0.4, -0.2) is 39.0 Å². The van der Waals surface area contributed by atoms with Crippen LogP contribution in [0.5, 0.6) is 0 Å². The molecule has 35 heavy (non-hydrogen) atoms. The molecule has 1 aromatic carbocycles. The van der Waals surface area contributed by atoms with Gasteiger partial charge in [0.25, 0.3) is 5.91 Å². The zero-order valence-corrected chi connectivity index (χ0v) is 21.0. The van der Waals surface area contributed by atoms with Gasteiger partial charge in [-0.25, -0.2) is 4.79 Å². The topological polar surface area (TPSA) is 132 Å². The zero-order valence-electron chi connectivity index (χ0n) is 21.0. The van der Waals surface area contributed by atoms with E-state index in [0.717, 1.165) is 16.7 Å². The van der Waals surface area contributed by atoms with Crippen LogP contribution in [0.2, 0.25) is 0 Å². The Kier molecular flexibility index (Phi) is 9.42. The van der Waals surface area contributed by atoms with Crippen molar-refractivity contribution in [2.45, 2.75) is 53.4 Å². The van der Waals surface area contributed by atoms with Crippen molar-refractivity contribution in [2.75, 3.05) is 6.54 Å². The number of rotatable bonds is 9. The smallest absolute Gasteiger partial charge is 0.412 e. The molecule has 9 heteroatoms.